The van der Waals surface area contributed by atoms with Crippen LogP contribution < -0.4 is 10.1 Å². The van der Waals surface area contributed by atoms with Crippen molar-refractivity contribution in [3.63, 3.8) is 0 Å². The fourth-order valence-electron chi connectivity index (χ4n) is 6.44. The Morgan fingerprint density at radius 2 is 1.66 bits per heavy atom. The summed E-state index contributed by atoms with van der Waals surface area (Å²) in [6.45, 7) is 2.48. The molecule has 3 atom stereocenters. The van der Waals surface area contributed by atoms with Crippen LogP contribution in [0.15, 0.2) is 73.1 Å². The number of fused-ring (bicyclic) bond motifs is 2. The van der Waals surface area contributed by atoms with Gasteiger partial charge in [-0.05, 0) is 98.0 Å². The van der Waals surface area contributed by atoms with Gasteiger partial charge in [-0.3, -0.25) is 9.88 Å². The molecule has 6 nitrogen and oxygen atoms in total. The zero-order valence-electron chi connectivity index (χ0n) is 21.6. The van der Waals surface area contributed by atoms with Gasteiger partial charge in [0.2, 0.25) is 0 Å². The van der Waals surface area contributed by atoms with Crippen molar-refractivity contribution in [3.8, 4) is 5.75 Å². The van der Waals surface area contributed by atoms with Crippen molar-refractivity contribution in [2.75, 3.05) is 18.4 Å². The Kier molecular flexibility index (Phi) is 7.52. The largest absolute Gasteiger partial charge is 0.490 e. The molecule has 4 heterocycles. The van der Waals surface area contributed by atoms with Crippen LogP contribution in [-0.2, 0) is 6.54 Å². The molecule has 3 aromatic rings. The smallest absolute Gasteiger partial charge is 0.321 e. The van der Waals surface area contributed by atoms with Gasteiger partial charge >= 0.3 is 6.03 Å². The van der Waals surface area contributed by atoms with E-state index in [4.69, 9.17) is 16.3 Å². The molecule has 7 heteroatoms. The molecule has 3 aliphatic rings. The van der Waals surface area contributed by atoms with Crippen LogP contribution in [0, 0.1) is 0 Å². The number of amides is 2. The van der Waals surface area contributed by atoms with Crippen molar-refractivity contribution >= 4 is 23.3 Å². The molecule has 0 saturated carbocycles. The quantitative estimate of drug-likeness (QED) is 0.384. The number of anilines is 1. The number of pyridine rings is 1. The molecule has 2 bridgehead atoms. The van der Waals surface area contributed by atoms with E-state index in [1.165, 1.54) is 24.0 Å². The second-order valence-corrected chi connectivity index (χ2v) is 11.3. The van der Waals surface area contributed by atoms with Crippen LogP contribution in [0.5, 0.6) is 5.75 Å². The van der Waals surface area contributed by atoms with Crippen LogP contribution >= 0.6 is 11.6 Å². The first-order valence-corrected chi connectivity index (χ1v) is 14.2. The van der Waals surface area contributed by atoms with Gasteiger partial charge in [0.15, 0.2) is 0 Å². The highest BCUT2D eigenvalue weighted by Gasteiger charge is 2.41. The summed E-state index contributed by atoms with van der Waals surface area (Å²) in [7, 11) is 0. The topological polar surface area (TPSA) is 57.7 Å². The average Bonchev–Trinajstić information content (AvgIpc) is 3.17. The predicted octanol–water partition coefficient (Wildman–Crippen LogP) is 6.72. The number of ether oxygens (including phenoxy) is 1. The third-order valence-corrected chi connectivity index (χ3v) is 8.71. The molecular weight excluding hydrogens is 496 g/mol. The van der Waals surface area contributed by atoms with E-state index in [0.29, 0.717) is 18.0 Å². The molecule has 198 valence electrons. The van der Waals surface area contributed by atoms with E-state index < -0.39 is 0 Å². The van der Waals surface area contributed by atoms with Gasteiger partial charge in [0.1, 0.15) is 11.9 Å². The molecule has 0 radical (unpaired) electrons. The molecule has 3 aliphatic heterocycles. The number of nitrogens with one attached hydrogen (secondary N) is 1. The van der Waals surface area contributed by atoms with Gasteiger partial charge in [0.05, 0.1) is 0 Å². The van der Waals surface area contributed by atoms with E-state index in [1.54, 1.807) is 0 Å². The second kappa shape index (κ2) is 11.3. The minimum absolute atomic E-state index is 0.0363. The minimum atomic E-state index is -0.0363. The number of carbonyl (C=O) groups excluding carboxylic acids is 1. The van der Waals surface area contributed by atoms with Crippen LogP contribution in [-0.4, -0.2) is 52.1 Å². The Hall–Kier alpha value is -3.09. The standard InChI is InChI=1S/C31H35ClN4O2/c32-25-5-3-23(4-6-25)24-13-16-35(17-14-24)31(37)34-26-7-11-29(12-8-26)38-30-18-27-9-10-28(19-30)36(27)21-22-2-1-15-33-20-22/h1-8,11-12,15,20,24,27-28,30H,9-10,13-14,16-19,21H2,(H,34,37)/t27-,28+,30?. The molecule has 1 unspecified atom stereocenters. The van der Waals surface area contributed by atoms with Gasteiger partial charge in [-0.1, -0.05) is 29.8 Å². The van der Waals surface area contributed by atoms with E-state index in [9.17, 15) is 4.79 Å². The maximum atomic E-state index is 12.9. The maximum absolute atomic E-state index is 12.9. The Morgan fingerprint density at radius 1 is 0.947 bits per heavy atom. The molecule has 6 rings (SSSR count). The van der Waals surface area contributed by atoms with Crippen molar-refractivity contribution in [2.24, 2.45) is 0 Å². The lowest BCUT2D eigenvalue weighted by atomic mass is 9.89. The number of rotatable bonds is 6. The van der Waals surface area contributed by atoms with E-state index in [2.05, 4.69) is 33.4 Å². The van der Waals surface area contributed by atoms with Crippen LogP contribution in [0.1, 0.15) is 55.6 Å². The van der Waals surface area contributed by atoms with E-state index in [1.807, 2.05) is 59.8 Å². The molecule has 38 heavy (non-hydrogen) atoms. The highest BCUT2D eigenvalue weighted by atomic mass is 35.5. The molecule has 0 spiro atoms. The van der Waals surface area contributed by atoms with Crippen LogP contribution in [0.25, 0.3) is 0 Å². The van der Waals surface area contributed by atoms with Gasteiger partial charge in [-0.2, -0.15) is 0 Å². The molecule has 2 amide bonds. The molecule has 1 aromatic heterocycles. The van der Waals surface area contributed by atoms with Crippen LogP contribution in [0.3, 0.4) is 0 Å². The predicted molar refractivity (Wildman–Crippen MR) is 151 cm³/mol. The number of carbonyl (C=O) groups is 1. The van der Waals surface area contributed by atoms with Crippen LogP contribution in [0.4, 0.5) is 10.5 Å². The molecular formula is C31H35ClN4O2. The number of urea groups is 1. The van der Waals surface area contributed by atoms with E-state index in [-0.39, 0.29) is 12.1 Å². The van der Waals surface area contributed by atoms with Gasteiger partial charge in [0.25, 0.3) is 0 Å². The third kappa shape index (κ3) is 5.82. The SMILES string of the molecule is O=C(Nc1ccc(OC2C[C@H]3CC[C@@H](C2)N3Cc2cccnc2)cc1)N1CCC(c2ccc(Cl)cc2)CC1. The Balaban J connectivity index is 0.973. The van der Waals surface area contributed by atoms with Crippen molar-refractivity contribution < 1.29 is 9.53 Å². The highest BCUT2D eigenvalue weighted by molar-refractivity contribution is 6.30. The molecule has 3 fully saturated rings. The number of benzene rings is 2. The summed E-state index contributed by atoms with van der Waals surface area (Å²) in [6, 6.07) is 21.2. The number of nitrogens with zero attached hydrogens (tertiary/aromatic N) is 3. The van der Waals surface area contributed by atoms with Gasteiger partial charge < -0.3 is 15.0 Å². The van der Waals surface area contributed by atoms with Gasteiger partial charge in [-0.15, -0.1) is 0 Å². The maximum Gasteiger partial charge on any atom is 0.321 e. The Labute approximate surface area is 230 Å². The number of hydrogen-bond acceptors (Lipinski definition) is 4. The number of hydrogen-bond donors (Lipinski definition) is 1. The zero-order valence-corrected chi connectivity index (χ0v) is 22.4. The number of aromatic nitrogens is 1. The summed E-state index contributed by atoms with van der Waals surface area (Å²) in [5.41, 5.74) is 3.39. The fraction of sp³-hybridized carbons (Fsp3) is 0.419. The Bertz CT molecular complexity index is 1200. The summed E-state index contributed by atoms with van der Waals surface area (Å²) in [5, 5.41) is 3.82. The highest BCUT2D eigenvalue weighted by Crippen LogP contribution is 2.38. The fourth-order valence-corrected chi connectivity index (χ4v) is 6.57. The summed E-state index contributed by atoms with van der Waals surface area (Å²) < 4.78 is 6.40. The lowest BCUT2D eigenvalue weighted by Crippen LogP contribution is -2.45. The first-order valence-electron chi connectivity index (χ1n) is 13.8. The van der Waals surface area contributed by atoms with Crippen molar-refractivity contribution in [1.29, 1.82) is 0 Å². The lowest BCUT2D eigenvalue weighted by Gasteiger charge is -2.38. The molecule has 1 N–H and O–H groups in total. The van der Waals surface area contributed by atoms with Crippen molar-refractivity contribution in [1.82, 2.24) is 14.8 Å². The molecule has 0 aliphatic carbocycles. The first-order chi connectivity index (χ1) is 18.6. The van der Waals surface area contributed by atoms with Crippen LogP contribution in [0.2, 0.25) is 5.02 Å². The summed E-state index contributed by atoms with van der Waals surface area (Å²) in [5.74, 6) is 1.35. The normalized spacial score (nSPS) is 23.8. The Morgan fingerprint density at radius 3 is 2.32 bits per heavy atom. The first kappa shape index (κ1) is 25.2. The average molecular weight is 531 g/mol. The zero-order chi connectivity index (χ0) is 25.9. The monoisotopic (exact) mass is 530 g/mol. The summed E-state index contributed by atoms with van der Waals surface area (Å²) in [4.78, 5) is 21.7. The second-order valence-electron chi connectivity index (χ2n) is 10.9. The van der Waals surface area contributed by atoms with Crippen molar-refractivity contribution in [2.45, 2.75) is 69.2 Å². The van der Waals surface area contributed by atoms with Gasteiger partial charge in [-0.25, -0.2) is 4.79 Å². The number of piperidine rings is 2. The molecule has 3 saturated heterocycles. The van der Waals surface area contributed by atoms with Gasteiger partial charge in [0, 0.05) is 54.8 Å². The summed E-state index contributed by atoms with van der Waals surface area (Å²) in [6.07, 6.45) is 10.6. The van der Waals surface area contributed by atoms with E-state index >= 15 is 0 Å². The van der Waals surface area contributed by atoms with Crippen molar-refractivity contribution in [3.05, 3.63) is 89.2 Å². The number of halogens is 1. The molecule has 2 aromatic carbocycles. The van der Waals surface area contributed by atoms with E-state index in [0.717, 1.165) is 61.8 Å². The lowest BCUT2D eigenvalue weighted by molar-refractivity contribution is 0.0445. The third-order valence-electron chi connectivity index (χ3n) is 8.46. The number of likely N-dealkylation sites (tertiary alicyclic amines) is 1. The minimum Gasteiger partial charge on any atom is -0.490 e. The summed E-state index contributed by atoms with van der Waals surface area (Å²) >= 11 is 6.02.